The first-order valence-electron chi connectivity index (χ1n) is 5.07. The molecule has 0 aliphatic heterocycles. The van der Waals surface area contributed by atoms with Crippen molar-refractivity contribution in [1.82, 2.24) is 4.90 Å². The van der Waals surface area contributed by atoms with Crippen LogP contribution in [0, 0.1) is 3.57 Å². The third-order valence-electron chi connectivity index (χ3n) is 2.19. The van der Waals surface area contributed by atoms with Gasteiger partial charge in [0.2, 0.25) is 0 Å². The second-order valence-corrected chi connectivity index (χ2v) is 5.12. The Morgan fingerprint density at radius 2 is 2.17 bits per heavy atom. The van der Waals surface area contributed by atoms with Crippen molar-refractivity contribution in [1.29, 1.82) is 0 Å². The van der Waals surface area contributed by atoms with E-state index in [4.69, 9.17) is 11.6 Å². The second kappa shape index (κ2) is 7.08. The molecule has 0 unspecified atom stereocenters. The first-order chi connectivity index (χ1) is 8.45. The van der Waals surface area contributed by atoms with Crippen LogP contribution in [0.2, 0.25) is 0 Å². The molecule has 18 heavy (non-hydrogen) atoms. The highest BCUT2D eigenvalue weighted by Crippen LogP contribution is 2.21. The summed E-state index contributed by atoms with van der Waals surface area (Å²) in [5, 5.41) is 9.59. The van der Waals surface area contributed by atoms with Crippen LogP contribution >= 0.6 is 34.2 Å². The Labute approximate surface area is 122 Å². The molecule has 1 aromatic carbocycles. The Morgan fingerprint density at radius 3 is 2.72 bits per heavy atom. The largest absolute Gasteiger partial charge is 0.507 e. The molecular formula is C11H11ClF2INO2. The molecule has 0 fully saturated rings. The molecular weight excluding hydrogens is 378 g/mol. The molecule has 1 aromatic rings. The molecule has 0 aliphatic rings. The van der Waals surface area contributed by atoms with Crippen LogP contribution in [0.5, 0.6) is 5.75 Å². The topological polar surface area (TPSA) is 40.5 Å². The summed E-state index contributed by atoms with van der Waals surface area (Å²) in [6, 6.07) is 4.42. The number of hydrogen-bond donors (Lipinski definition) is 1. The lowest BCUT2D eigenvalue weighted by molar-refractivity contribution is 0.0568. The van der Waals surface area contributed by atoms with Crippen molar-refractivity contribution in [2.24, 2.45) is 0 Å². The summed E-state index contributed by atoms with van der Waals surface area (Å²) in [6.07, 6.45) is -2.64. The molecule has 0 aromatic heterocycles. The summed E-state index contributed by atoms with van der Waals surface area (Å²) < 4.78 is 25.5. The molecule has 0 spiro atoms. The number of aromatic hydroxyl groups is 1. The number of nitrogens with zero attached hydrogens (tertiary/aromatic N) is 1. The van der Waals surface area contributed by atoms with E-state index in [1.54, 1.807) is 6.07 Å². The zero-order valence-electron chi connectivity index (χ0n) is 9.25. The van der Waals surface area contributed by atoms with Crippen molar-refractivity contribution in [3.05, 3.63) is 27.3 Å². The third-order valence-corrected chi connectivity index (χ3v) is 3.03. The third kappa shape index (κ3) is 4.24. The fourth-order valence-corrected chi connectivity index (χ4v) is 2.09. The predicted octanol–water partition coefficient (Wildman–Crippen LogP) is 2.94. The molecule has 1 amide bonds. The van der Waals surface area contributed by atoms with Gasteiger partial charge in [0.1, 0.15) is 5.75 Å². The number of phenolic OH excluding ortho intramolecular Hbond substituents is 1. The first-order valence-corrected chi connectivity index (χ1v) is 6.69. The monoisotopic (exact) mass is 389 g/mol. The van der Waals surface area contributed by atoms with Crippen LogP contribution in [0.15, 0.2) is 18.2 Å². The van der Waals surface area contributed by atoms with Crippen LogP contribution in [0.1, 0.15) is 10.4 Å². The number of phenols is 1. The second-order valence-electron chi connectivity index (χ2n) is 3.49. The van der Waals surface area contributed by atoms with Crippen LogP contribution in [0.4, 0.5) is 8.78 Å². The molecule has 3 nitrogen and oxygen atoms in total. The van der Waals surface area contributed by atoms with Gasteiger partial charge >= 0.3 is 0 Å². The number of carbonyl (C=O) groups excluding carboxylic acids is 1. The smallest absolute Gasteiger partial charge is 0.257 e. The van der Waals surface area contributed by atoms with Gasteiger partial charge < -0.3 is 10.0 Å². The van der Waals surface area contributed by atoms with Gasteiger partial charge in [-0.05, 0) is 40.8 Å². The lowest BCUT2D eigenvalue weighted by Crippen LogP contribution is -2.36. The van der Waals surface area contributed by atoms with Crippen LogP contribution in [0.25, 0.3) is 0 Å². The predicted molar refractivity (Wildman–Crippen MR) is 73.5 cm³/mol. The normalized spacial score (nSPS) is 10.7. The number of amides is 1. The van der Waals surface area contributed by atoms with Gasteiger partial charge in [0.25, 0.3) is 12.3 Å². The van der Waals surface area contributed by atoms with Crippen LogP contribution < -0.4 is 0 Å². The summed E-state index contributed by atoms with van der Waals surface area (Å²) in [6.45, 7) is -0.688. The zero-order valence-corrected chi connectivity index (χ0v) is 12.2. The van der Waals surface area contributed by atoms with E-state index in [1.165, 1.54) is 12.1 Å². The van der Waals surface area contributed by atoms with Gasteiger partial charge in [-0.15, -0.1) is 11.6 Å². The van der Waals surface area contributed by atoms with Crippen molar-refractivity contribution in [2.75, 3.05) is 19.0 Å². The average molecular weight is 390 g/mol. The number of alkyl halides is 3. The lowest BCUT2D eigenvalue weighted by atomic mass is 10.1. The van der Waals surface area contributed by atoms with E-state index >= 15 is 0 Å². The molecule has 0 aliphatic carbocycles. The lowest BCUT2D eigenvalue weighted by Gasteiger charge is -2.21. The fourth-order valence-electron chi connectivity index (χ4n) is 1.39. The molecule has 1 rings (SSSR count). The minimum Gasteiger partial charge on any atom is -0.507 e. The number of rotatable bonds is 5. The number of benzene rings is 1. The van der Waals surface area contributed by atoms with Crippen molar-refractivity contribution >= 4 is 40.1 Å². The molecule has 7 heteroatoms. The molecule has 0 heterocycles. The molecule has 0 saturated carbocycles. The number of carbonyl (C=O) groups is 1. The number of halogens is 4. The minimum absolute atomic E-state index is 0.00710. The highest BCUT2D eigenvalue weighted by molar-refractivity contribution is 14.1. The average Bonchev–Trinajstić information content (AvgIpc) is 2.30. The van der Waals surface area contributed by atoms with E-state index < -0.39 is 18.9 Å². The molecule has 0 radical (unpaired) electrons. The maximum absolute atomic E-state index is 12.4. The van der Waals surface area contributed by atoms with Crippen molar-refractivity contribution in [3.8, 4) is 5.75 Å². The fraction of sp³-hybridized carbons (Fsp3) is 0.364. The molecule has 100 valence electrons. The summed E-state index contributed by atoms with van der Waals surface area (Å²) in [4.78, 5) is 12.9. The summed E-state index contributed by atoms with van der Waals surface area (Å²) in [7, 11) is 0. The van der Waals surface area contributed by atoms with Crippen LogP contribution in [-0.4, -0.2) is 41.3 Å². The van der Waals surface area contributed by atoms with E-state index in [1.807, 2.05) is 22.6 Å². The Hall–Kier alpha value is -0.630. The standard InChI is InChI=1S/C11H11ClF2INO2/c12-3-4-16(6-10(13)14)11(18)8-5-7(15)1-2-9(8)17/h1-2,5,10,17H,3-4,6H2. The quantitative estimate of drug-likeness (QED) is 0.621. The van der Waals surface area contributed by atoms with E-state index in [9.17, 15) is 18.7 Å². The Bertz CT molecular complexity index is 432. The Kier molecular flexibility index (Phi) is 6.07. The first kappa shape index (κ1) is 15.4. The summed E-state index contributed by atoms with van der Waals surface area (Å²) >= 11 is 7.45. The van der Waals surface area contributed by atoms with E-state index in [-0.39, 0.29) is 23.7 Å². The van der Waals surface area contributed by atoms with Crippen LogP contribution in [-0.2, 0) is 0 Å². The van der Waals surface area contributed by atoms with E-state index in [0.29, 0.717) is 0 Å². The minimum atomic E-state index is -2.64. The van der Waals surface area contributed by atoms with Gasteiger partial charge in [-0.3, -0.25) is 4.79 Å². The number of hydrogen-bond acceptors (Lipinski definition) is 2. The highest BCUT2D eigenvalue weighted by atomic mass is 127. The Balaban J connectivity index is 2.97. The van der Waals surface area contributed by atoms with Gasteiger partial charge in [-0.25, -0.2) is 8.78 Å². The van der Waals surface area contributed by atoms with Crippen molar-refractivity contribution < 1.29 is 18.7 Å². The highest BCUT2D eigenvalue weighted by Gasteiger charge is 2.21. The van der Waals surface area contributed by atoms with Gasteiger partial charge in [0.05, 0.1) is 12.1 Å². The Morgan fingerprint density at radius 1 is 1.50 bits per heavy atom. The molecule has 1 N–H and O–H groups in total. The maximum atomic E-state index is 12.4. The SMILES string of the molecule is O=C(c1cc(I)ccc1O)N(CCCl)CC(F)F. The van der Waals surface area contributed by atoms with Gasteiger partial charge in [-0.2, -0.15) is 0 Å². The van der Waals surface area contributed by atoms with Crippen LogP contribution in [0.3, 0.4) is 0 Å². The summed E-state index contributed by atoms with van der Waals surface area (Å²) in [5.41, 5.74) is 0.00710. The van der Waals surface area contributed by atoms with E-state index in [2.05, 4.69) is 0 Å². The van der Waals surface area contributed by atoms with E-state index in [0.717, 1.165) is 8.47 Å². The van der Waals surface area contributed by atoms with Gasteiger partial charge in [0, 0.05) is 16.0 Å². The molecule has 0 atom stereocenters. The van der Waals surface area contributed by atoms with Crippen molar-refractivity contribution in [3.63, 3.8) is 0 Å². The molecule has 0 saturated heterocycles. The summed E-state index contributed by atoms with van der Waals surface area (Å²) in [5.74, 6) is -0.815. The maximum Gasteiger partial charge on any atom is 0.257 e. The zero-order chi connectivity index (χ0) is 13.7. The van der Waals surface area contributed by atoms with Gasteiger partial charge in [-0.1, -0.05) is 0 Å². The molecule has 0 bridgehead atoms. The van der Waals surface area contributed by atoms with Gasteiger partial charge in [0.15, 0.2) is 0 Å². The van der Waals surface area contributed by atoms with Crippen molar-refractivity contribution in [2.45, 2.75) is 6.43 Å².